The summed E-state index contributed by atoms with van der Waals surface area (Å²) < 4.78 is 1.07. The molecule has 4 heteroatoms. The van der Waals surface area contributed by atoms with Gasteiger partial charge in [-0.15, -0.1) is 11.3 Å². The maximum absolute atomic E-state index is 8.79. The number of halogens is 1. The van der Waals surface area contributed by atoms with E-state index in [0.29, 0.717) is 0 Å². The molecule has 1 atom stereocenters. The van der Waals surface area contributed by atoms with Gasteiger partial charge in [-0.1, -0.05) is 0 Å². The highest BCUT2D eigenvalue weighted by atomic mass is 79.9. The van der Waals surface area contributed by atoms with Gasteiger partial charge < -0.3 is 10.8 Å². The molecule has 0 amide bonds. The van der Waals surface area contributed by atoms with E-state index < -0.39 is 0 Å². The predicted octanol–water partition coefficient (Wildman–Crippen LogP) is 1.81. The molecule has 62 valence electrons. The Bertz CT molecular complexity index is 249. The van der Waals surface area contributed by atoms with E-state index in [-0.39, 0.29) is 12.6 Å². The van der Waals surface area contributed by atoms with E-state index in [4.69, 9.17) is 10.8 Å². The van der Waals surface area contributed by atoms with Crippen LogP contribution in [0.5, 0.6) is 0 Å². The fourth-order valence-electron chi connectivity index (χ4n) is 0.858. The summed E-state index contributed by atoms with van der Waals surface area (Å²) in [6.45, 7) is 2.00. The molecule has 0 saturated heterocycles. The van der Waals surface area contributed by atoms with E-state index in [1.54, 1.807) is 11.3 Å². The highest BCUT2D eigenvalue weighted by Gasteiger charge is 2.11. The topological polar surface area (TPSA) is 46.2 Å². The van der Waals surface area contributed by atoms with Crippen LogP contribution in [0.4, 0.5) is 0 Å². The molecule has 3 N–H and O–H groups in total. The summed E-state index contributed by atoms with van der Waals surface area (Å²) in [5, 5.41) is 10.8. The Kier molecular flexibility index (Phi) is 3.06. The number of aliphatic hydroxyl groups is 1. The second-order valence-corrected chi connectivity index (χ2v) is 4.13. The van der Waals surface area contributed by atoms with Gasteiger partial charge in [0.2, 0.25) is 0 Å². The summed E-state index contributed by atoms with van der Waals surface area (Å²) in [6.07, 6.45) is 0. The van der Waals surface area contributed by atoms with Crippen molar-refractivity contribution in [2.75, 3.05) is 6.61 Å². The maximum atomic E-state index is 8.79. The quantitative estimate of drug-likeness (QED) is 0.822. The normalized spacial score (nSPS) is 13.5. The first-order valence-electron chi connectivity index (χ1n) is 3.26. The second kappa shape index (κ2) is 3.67. The third-order valence-electron chi connectivity index (χ3n) is 1.55. The first kappa shape index (κ1) is 9.19. The number of hydrogen-bond donors (Lipinski definition) is 2. The van der Waals surface area contributed by atoms with Crippen molar-refractivity contribution >= 4 is 27.3 Å². The SMILES string of the molecule is Cc1c(Br)csc1C(N)CO. The molecule has 1 aromatic rings. The lowest BCUT2D eigenvalue weighted by atomic mass is 10.2. The van der Waals surface area contributed by atoms with Crippen molar-refractivity contribution < 1.29 is 5.11 Å². The van der Waals surface area contributed by atoms with Crippen LogP contribution < -0.4 is 5.73 Å². The highest BCUT2D eigenvalue weighted by Crippen LogP contribution is 2.29. The minimum Gasteiger partial charge on any atom is -0.394 e. The van der Waals surface area contributed by atoms with Crippen LogP contribution >= 0.6 is 27.3 Å². The molecule has 0 aromatic carbocycles. The van der Waals surface area contributed by atoms with Crippen LogP contribution in [0.1, 0.15) is 16.5 Å². The van der Waals surface area contributed by atoms with Gasteiger partial charge in [-0.2, -0.15) is 0 Å². The molecule has 2 nitrogen and oxygen atoms in total. The Morgan fingerprint density at radius 3 is 2.82 bits per heavy atom. The molecule has 1 rings (SSSR count). The molecule has 1 heterocycles. The Hall–Kier alpha value is 0.1000. The van der Waals surface area contributed by atoms with E-state index >= 15 is 0 Å². The lowest BCUT2D eigenvalue weighted by Crippen LogP contribution is -2.13. The Labute approximate surface area is 78.2 Å². The van der Waals surface area contributed by atoms with Crippen molar-refractivity contribution in [3.8, 4) is 0 Å². The van der Waals surface area contributed by atoms with Gasteiger partial charge in [0.15, 0.2) is 0 Å². The zero-order valence-corrected chi connectivity index (χ0v) is 8.58. The summed E-state index contributed by atoms with van der Waals surface area (Å²) in [5.41, 5.74) is 6.78. The monoisotopic (exact) mass is 235 g/mol. The molecular formula is C7H10BrNOS. The summed E-state index contributed by atoms with van der Waals surface area (Å²) in [7, 11) is 0. The smallest absolute Gasteiger partial charge is 0.0632 e. The Morgan fingerprint density at radius 1 is 1.82 bits per heavy atom. The minimum atomic E-state index is -0.230. The van der Waals surface area contributed by atoms with Crippen LogP contribution in [-0.4, -0.2) is 11.7 Å². The molecule has 0 aliphatic carbocycles. The van der Waals surface area contributed by atoms with Crippen molar-refractivity contribution in [2.24, 2.45) is 5.73 Å². The molecule has 1 unspecified atom stereocenters. The van der Waals surface area contributed by atoms with Crippen LogP contribution in [0.2, 0.25) is 0 Å². The molecule has 0 bridgehead atoms. The first-order chi connectivity index (χ1) is 5.16. The summed E-state index contributed by atoms with van der Waals surface area (Å²) in [4.78, 5) is 1.05. The molecule has 0 aliphatic rings. The Balaban J connectivity index is 2.94. The van der Waals surface area contributed by atoms with Crippen molar-refractivity contribution in [3.05, 3.63) is 20.3 Å². The third-order valence-corrected chi connectivity index (χ3v) is 3.89. The van der Waals surface area contributed by atoms with Gasteiger partial charge in [0, 0.05) is 14.7 Å². The number of hydrogen-bond acceptors (Lipinski definition) is 3. The number of rotatable bonds is 2. The van der Waals surface area contributed by atoms with Gasteiger partial charge >= 0.3 is 0 Å². The average molecular weight is 236 g/mol. The van der Waals surface area contributed by atoms with E-state index in [1.165, 1.54) is 0 Å². The van der Waals surface area contributed by atoms with Crippen LogP contribution in [0, 0.1) is 6.92 Å². The van der Waals surface area contributed by atoms with Crippen molar-refractivity contribution in [1.29, 1.82) is 0 Å². The zero-order valence-electron chi connectivity index (χ0n) is 6.17. The number of thiophene rings is 1. The number of nitrogens with two attached hydrogens (primary N) is 1. The van der Waals surface area contributed by atoms with Crippen LogP contribution in [0.3, 0.4) is 0 Å². The largest absolute Gasteiger partial charge is 0.394 e. The van der Waals surface area contributed by atoms with Gasteiger partial charge in [-0.3, -0.25) is 0 Å². The molecule has 0 saturated carbocycles. The average Bonchev–Trinajstić information content (AvgIpc) is 2.32. The second-order valence-electron chi connectivity index (χ2n) is 2.36. The van der Waals surface area contributed by atoms with E-state index in [9.17, 15) is 0 Å². The zero-order chi connectivity index (χ0) is 8.43. The van der Waals surface area contributed by atoms with Crippen molar-refractivity contribution in [2.45, 2.75) is 13.0 Å². The van der Waals surface area contributed by atoms with Gasteiger partial charge in [0.05, 0.1) is 12.6 Å². The van der Waals surface area contributed by atoms with Crippen LogP contribution in [0.25, 0.3) is 0 Å². The molecule has 0 aliphatic heterocycles. The fraction of sp³-hybridized carbons (Fsp3) is 0.429. The maximum Gasteiger partial charge on any atom is 0.0632 e. The highest BCUT2D eigenvalue weighted by molar-refractivity contribution is 9.10. The van der Waals surface area contributed by atoms with E-state index in [0.717, 1.165) is 14.9 Å². The van der Waals surface area contributed by atoms with Gasteiger partial charge in [0.25, 0.3) is 0 Å². The summed E-state index contributed by atoms with van der Waals surface area (Å²) >= 11 is 4.96. The molecule has 1 aromatic heterocycles. The lowest BCUT2D eigenvalue weighted by molar-refractivity contribution is 0.269. The number of aliphatic hydroxyl groups excluding tert-OH is 1. The van der Waals surface area contributed by atoms with E-state index in [2.05, 4.69) is 15.9 Å². The van der Waals surface area contributed by atoms with Gasteiger partial charge in [0.1, 0.15) is 0 Å². The molecule has 0 spiro atoms. The van der Waals surface area contributed by atoms with Crippen LogP contribution in [-0.2, 0) is 0 Å². The predicted molar refractivity (Wildman–Crippen MR) is 50.8 cm³/mol. The molecule has 0 fully saturated rings. The first-order valence-corrected chi connectivity index (χ1v) is 4.94. The Morgan fingerprint density at radius 2 is 2.45 bits per heavy atom. The molecule has 0 radical (unpaired) electrons. The third kappa shape index (κ3) is 1.82. The summed E-state index contributed by atoms with van der Waals surface area (Å²) in [6, 6.07) is -0.230. The molecular weight excluding hydrogens is 226 g/mol. The molecule has 11 heavy (non-hydrogen) atoms. The van der Waals surface area contributed by atoms with Gasteiger partial charge in [-0.25, -0.2) is 0 Å². The summed E-state index contributed by atoms with van der Waals surface area (Å²) in [5.74, 6) is 0. The lowest BCUT2D eigenvalue weighted by Gasteiger charge is -2.05. The van der Waals surface area contributed by atoms with Gasteiger partial charge in [-0.05, 0) is 28.4 Å². The van der Waals surface area contributed by atoms with Crippen LogP contribution in [0.15, 0.2) is 9.85 Å². The fourth-order valence-corrected chi connectivity index (χ4v) is 2.43. The van der Waals surface area contributed by atoms with Crippen molar-refractivity contribution in [1.82, 2.24) is 0 Å². The standard InChI is InChI=1S/C7H10BrNOS/c1-4-5(8)3-11-7(4)6(9)2-10/h3,6,10H,2,9H2,1H3. The van der Waals surface area contributed by atoms with Crippen molar-refractivity contribution in [3.63, 3.8) is 0 Å². The van der Waals surface area contributed by atoms with E-state index in [1.807, 2.05) is 12.3 Å². The minimum absolute atomic E-state index is 0.00773.